The average molecular weight is 251 g/mol. The monoisotopic (exact) mass is 251 g/mol. The Bertz CT molecular complexity index is 426. The summed E-state index contributed by atoms with van der Waals surface area (Å²) in [5.41, 5.74) is 1.48. The highest BCUT2D eigenvalue weighted by molar-refractivity contribution is 5.84. The number of nitrogens with zero attached hydrogens (tertiary/aromatic N) is 3. The molecule has 1 N–H and O–H groups in total. The molecule has 0 saturated carbocycles. The van der Waals surface area contributed by atoms with Gasteiger partial charge in [0, 0.05) is 26.7 Å². The van der Waals surface area contributed by atoms with E-state index in [0.717, 1.165) is 50.1 Å². The standard InChI is InChI=1S/C13H21N3O2/c1-10-12(9-18)13(15(2)14-10)16-6-3-4-11(8-16)5-7-17/h9,11,17H,3-8H2,1-2H3. The zero-order valence-corrected chi connectivity index (χ0v) is 11.1. The molecular weight excluding hydrogens is 230 g/mol. The van der Waals surface area contributed by atoms with Crippen LogP contribution in [0.2, 0.25) is 0 Å². The van der Waals surface area contributed by atoms with Crippen molar-refractivity contribution in [2.24, 2.45) is 13.0 Å². The number of hydrogen-bond donors (Lipinski definition) is 1. The summed E-state index contributed by atoms with van der Waals surface area (Å²) in [5, 5.41) is 13.4. The van der Waals surface area contributed by atoms with Gasteiger partial charge in [0.15, 0.2) is 6.29 Å². The molecule has 1 unspecified atom stereocenters. The molecule has 1 aliphatic heterocycles. The quantitative estimate of drug-likeness (QED) is 0.815. The third-order valence-electron chi connectivity index (χ3n) is 3.71. The molecule has 1 atom stereocenters. The molecule has 5 nitrogen and oxygen atoms in total. The fraction of sp³-hybridized carbons (Fsp3) is 0.692. The third-order valence-corrected chi connectivity index (χ3v) is 3.71. The number of aliphatic hydroxyl groups excluding tert-OH is 1. The van der Waals surface area contributed by atoms with Crippen molar-refractivity contribution in [3.8, 4) is 0 Å². The predicted octanol–water partition coefficient (Wildman–Crippen LogP) is 1.14. The molecule has 1 aliphatic rings. The van der Waals surface area contributed by atoms with Gasteiger partial charge in [0.2, 0.25) is 0 Å². The topological polar surface area (TPSA) is 58.4 Å². The van der Waals surface area contributed by atoms with E-state index >= 15 is 0 Å². The first-order valence-corrected chi connectivity index (χ1v) is 6.52. The molecule has 2 rings (SSSR count). The van der Waals surface area contributed by atoms with Crippen LogP contribution in [0.25, 0.3) is 0 Å². The lowest BCUT2D eigenvalue weighted by molar-refractivity contribution is 0.112. The zero-order chi connectivity index (χ0) is 13.1. The van der Waals surface area contributed by atoms with E-state index in [1.807, 2.05) is 14.0 Å². The number of carbonyl (C=O) groups is 1. The van der Waals surface area contributed by atoms with E-state index in [2.05, 4.69) is 10.00 Å². The predicted molar refractivity (Wildman–Crippen MR) is 70.0 cm³/mol. The molecule has 0 radical (unpaired) electrons. The smallest absolute Gasteiger partial charge is 0.155 e. The van der Waals surface area contributed by atoms with Gasteiger partial charge >= 0.3 is 0 Å². The second-order valence-electron chi connectivity index (χ2n) is 5.03. The molecular formula is C13H21N3O2. The highest BCUT2D eigenvalue weighted by Crippen LogP contribution is 2.27. The number of anilines is 1. The molecule has 0 spiro atoms. The van der Waals surface area contributed by atoms with Gasteiger partial charge < -0.3 is 10.0 Å². The largest absolute Gasteiger partial charge is 0.396 e. The van der Waals surface area contributed by atoms with Crippen LogP contribution in [0.1, 0.15) is 35.3 Å². The van der Waals surface area contributed by atoms with Crippen molar-refractivity contribution in [3.05, 3.63) is 11.3 Å². The van der Waals surface area contributed by atoms with Gasteiger partial charge in [-0.3, -0.25) is 9.48 Å². The lowest BCUT2D eigenvalue weighted by atomic mass is 9.95. The number of aldehydes is 1. The minimum absolute atomic E-state index is 0.240. The second-order valence-corrected chi connectivity index (χ2v) is 5.03. The van der Waals surface area contributed by atoms with E-state index in [1.54, 1.807) is 4.68 Å². The van der Waals surface area contributed by atoms with Crippen LogP contribution < -0.4 is 4.90 Å². The first kappa shape index (κ1) is 13.1. The van der Waals surface area contributed by atoms with Crippen LogP contribution in [0, 0.1) is 12.8 Å². The maximum absolute atomic E-state index is 11.2. The Morgan fingerprint density at radius 3 is 3.00 bits per heavy atom. The maximum Gasteiger partial charge on any atom is 0.155 e. The van der Waals surface area contributed by atoms with Crippen LogP contribution in [0.15, 0.2) is 0 Å². The Morgan fingerprint density at radius 2 is 2.33 bits per heavy atom. The number of piperidine rings is 1. The summed E-state index contributed by atoms with van der Waals surface area (Å²) < 4.78 is 1.79. The molecule has 0 aromatic carbocycles. The van der Waals surface area contributed by atoms with Crippen molar-refractivity contribution < 1.29 is 9.90 Å². The highest BCUT2D eigenvalue weighted by atomic mass is 16.3. The molecule has 1 saturated heterocycles. The molecule has 100 valence electrons. The Labute approximate surface area is 107 Å². The van der Waals surface area contributed by atoms with Gasteiger partial charge in [0.05, 0.1) is 11.3 Å². The summed E-state index contributed by atoms with van der Waals surface area (Å²) in [5.74, 6) is 1.43. The van der Waals surface area contributed by atoms with Gasteiger partial charge in [-0.25, -0.2) is 0 Å². The lowest BCUT2D eigenvalue weighted by Gasteiger charge is -2.34. The summed E-state index contributed by atoms with van der Waals surface area (Å²) in [4.78, 5) is 13.4. The van der Waals surface area contributed by atoms with Crippen LogP contribution in [0.3, 0.4) is 0 Å². The van der Waals surface area contributed by atoms with E-state index in [9.17, 15) is 4.79 Å². The molecule has 1 aromatic heterocycles. The Morgan fingerprint density at radius 1 is 1.56 bits per heavy atom. The molecule has 2 heterocycles. The number of aliphatic hydroxyl groups is 1. The molecule has 0 aliphatic carbocycles. The Hall–Kier alpha value is -1.36. The average Bonchev–Trinajstić information content (AvgIpc) is 2.64. The van der Waals surface area contributed by atoms with Gasteiger partial charge in [0.1, 0.15) is 5.82 Å². The van der Waals surface area contributed by atoms with Gasteiger partial charge in [-0.1, -0.05) is 0 Å². The Balaban J connectivity index is 2.22. The minimum Gasteiger partial charge on any atom is -0.396 e. The van der Waals surface area contributed by atoms with E-state index in [-0.39, 0.29) is 6.61 Å². The summed E-state index contributed by atoms with van der Waals surface area (Å²) in [6.07, 6.45) is 3.99. The molecule has 1 aromatic rings. The van der Waals surface area contributed by atoms with E-state index in [0.29, 0.717) is 11.5 Å². The fourth-order valence-corrected chi connectivity index (χ4v) is 2.85. The lowest BCUT2D eigenvalue weighted by Crippen LogP contribution is -2.37. The van der Waals surface area contributed by atoms with Gasteiger partial charge in [-0.2, -0.15) is 5.10 Å². The van der Waals surface area contributed by atoms with Crippen LogP contribution in [0.4, 0.5) is 5.82 Å². The first-order chi connectivity index (χ1) is 8.67. The normalized spacial score (nSPS) is 20.2. The molecule has 5 heteroatoms. The third kappa shape index (κ3) is 2.41. The van der Waals surface area contributed by atoms with Crippen molar-refractivity contribution >= 4 is 12.1 Å². The van der Waals surface area contributed by atoms with E-state index in [4.69, 9.17) is 5.11 Å². The van der Waals surface area contributed by atoms with Crippen molar-refractivity contribution in [1.82, 2.24) is 9.78 Å². The SMILES string of the molecule is Cc1nn(C)c(N2CCCC(CCO)C2)c1C=O. The summed E-state index contributed by atoms with van der Waals surface area (Å²) >= 11 is 0. The van der Waals surface area contributed by atoms with Crippen molar-refractivity contribution in [2.45, 2.75) is 26.2 Å². The molecule has 18 heavy (non-hydrogen) atoms. The number of aryl methyl sites for hydroxylation is 2. The highest BCUT2D eigenvalue weighted by Gasteiger charge is 2.25. The van der Waals surface area contributed by atoms with Gasteiger partial charge in [-0.15, -0.1) is 0 Å². The van der Waals surface area contributed by atoms with Crippen LogP contribution in [-0.2, 0) is 7.05 Å². The van der Waals surface area contributed by atoms with E-state index < -0.39 is 0 Å². The van der Waals surface area contributed by atoms with Crippen molar-refractivity contribution in [3.63, 3.8) is 0 Å². The van der Waals surface area contributed by atoms with Crippen molar-refractivity contribution in [1.29, 1.82) is 0 Å². The summed E-state index contributed by atoms with van der Waals surface area (Å²) in [7, 11) is 1.88. The minimum atomic E-state index is 0.240. The number of hydrogen-bond acceptors (Lipinski definition) is 4. The molecule has 0 bridgehead atoms. The van der Waals surface area contributed by atoms with Gasteiger partial charge in [-0.05, 0) is 32.1 Å². The Kier molecular flexibility index (Phi) is 4.01. The van der Waals surface area contributed by atoms with Crippen LogP contribution in [-0.4, -0.2) is 40.9 Å². The van der Waals surface area contributed by atoms with E-state index in [1.165, 1.54) is 0 Å². The molecule has 1 fully saturated rings. The van der Waals surface area contributed by atoms with Crippen LogP contribution >= 0.6 is 0 Å². The number of aromatic nitrogens is 2. The maximum atomic E-state index is 11.2. The summed E-state index contributed by atoms with van der Waals surface area (Å²) in [6, 6.07) is 0. The summed E-state index contributed by atoms with van der Waals surface area (Å²) in [6.45, 7) is 3.97. The number of rotatable bonds is 4. The van der Waals surface area contributed by atoms with Crippen LogP contribution in [0.5, 0.6) is 0 Å². The number of carbonyl (C=O) groups excluding carboxylic acids is 1. The zero-order valence-electron chi connectivity index (χ0n) is 11.1. The van der Waals surface area contributed by atoms with Gasteiger partial charge in [0.25, 0.3) is 0 Å². The fourth-order valence-electron chi connectivity index (χ4n) is 2.85. The first-order valence-electron chi connectivity index (χ1n) is 6.52. The molecule has 0 amide bonds. The second kappa shape index (κ2) is 5.52. The van der Waals surface area contributed by atoms with Crippen molar-refractivity contribution in [2.75, 3.05) is 24.6 Å².